The third kappa shape index (κ3) is 2.62. The molecule has 0 unspecified atom stereocenters. The molecule has 3 N–H and O–H groups in total. The van der Waals surface area contributed by atoms with Gasteiger partial charge < -0.3 is 20.5 Å². The Morgan fingerprint density at radius 2 is 2.00 bits per heavy atom. The summed E-state index contributed by atoms with van der Waals surface area (Å²) in [5.74, 6) is -0.468. The van der Waals surface area contributed by atoms with Crippen molar-refractivity contribution in [1.82, 2.24) is 5.32 Å². The van der Waals surface area contributed by atoms with E-state index in [0.717, 1.165) is 6.42 Å². The first-order valence-corrected chi connectivity index (χ1v) is 6.03. The molecule has 6 nitrogen and oxygen atoms in total. The van der Waals surface area contributed by atoms with Gasteiger partial charge in [0.15, 0.2) is 0 Å². The number of carbonyl (C=O) groups excluding carboxylic acids is 1. The molecule has 2 rings (SSSR count). The van der Waals surface area contributed by atoms with E-state index in [0.29, 0.717) is 24.3 Å². The molecular formula is C13H16N2O4. The van der Waals surface area contributed by atoms with Crippen molar-refractivity contribution in [1.29, 1.82) is 0 Å². The molecule has 6 heteroatoms. The predicted octanol–water partition coefficient (Wildman–Crippen LogP) is 1.82. The number of carbonyl (C=O) groups is 2. The molecule has 1 aromatic carbocycles. The fourth-order valence-corrected chi connectivity index (χ4v) is 2.04. The number of anilines is 1. The Morgan fingerprint density at radius 1 is 1.32 bits per heavy atom. The molecule has 0 heterocycles. The first-order valence-electron chi connectivity index (χ1n) is 6.03. The molecule has 19 heavy (non-hydrogen) atoms. The number of carboxylic acids is 1. The van der Waals surface area contributed by atoms with Gasteiger partial charge in [-0.2, -0.15) is 0 Å². The number of ether oxygens (including phenoxy) is 1. The number of para-hydroxylation sites is 2. The third-order valence-corrected chi connectivity index (χ3v) is 3.32. The number of rotatable bonds is 4. The number of hydrogen-bond donors (Lipinski definition) is 3. The number of urea groups is 1. The number of nitrogens with one attached hydrogen (secondary N) is 2. The Bertz CT molecular complexity index is 497. The summed E-state index contributed by atoms with van der Waals surface area (Å²) in [6.07, 6.45) is 1.73. The van der Waals surface area contributed by atoms with Crippen molar-refractivity contribution in [3.8, 4) is 5.75 Å². The molecule has 1 aromatic rings. The van der Waals surface area contributed by atoms with Crippen molar-refractivity contribution in [2.24, 2.45) is 0 Å². The highest BCUT2D eigenvalue weighted by Gasteiger charge is 2.45. The second-order valence-electron chi connectivity index (χ2n) is 4.52. The van der Waals surface area contributed by atoms with Crippen LogP contribution in [0.15, 0.2) is 24.3 Å². The van der Waals surface area contributed by atoms with Crippen LogP contribution in [0.25, 0.3) is 0 Å². The molecule has 0 atom stereocenters. The molecule has 1 aliphatic rings. The monoisotopic (exact) mass is 264 g/mol. The summed E-state index contributed by atoms with van der Waals surface area (Å²) >= 11 is 0. The van der Waals surface area contributed by atoms with Crippen molar-refractivity contribution in [2.75, 3.05) is 12.4 Å². The number of aliphatic carboxylic acids is 1. The SMILES string of the molecule is COc1ccccc1NC(=O)NC1(C(=O)O)CCC1. The van der Waals surface area contributed by atoms with Gasteiger partial charge in [-0.3, -0.25) is 0 Å². The minimum absolute atomic E-state index is 0.460. The van der Waals surface area contributed by atoms with Gasteiger partial charge in [0.25, 0.3) is 0 Å². The summed E-state index contributed by atoms with van der Waals surface area (Å²) in [6.45, 7) is 0. The third-order valence-electron chi connectivity index (χ3n) is 3.32. The summed E-state index contributed by atoms with van der Waals surface area (Å²) in [6, 6.07) is 6.41. The largest absolute Gasteiger partial charge is 0.495 e. The Kier molecular flexibility index (Phi) is 3.59. The fourth-order valence-electron chi connectivity index (χ4n) is 2.04. The van der Waals surface area contributed by atoms with Gasteiger partial charge >= 0.3 is 12.0 Å². The van der Waals surface area contributed by atoms with E-state index in [2.05, 4.69) is 10.6 Å². The van der Waals surface area contributed by atoms with E-state index in [-0.39, 0.29) is 0 Å². The molecule has 1 fully saturated rings. The lowest BCUT2D eigenvalue weighted by atomic mass is 9.77. The predicted molar refractivity (Wildman–Crippen MR) is 69.4 cm³/mol. The number of methoxy groups -OCH3 is 1. The molecule has 1 saturated carbocycles. The fraction of sp³-hybridized carbons (Fsp3) is 0.385. The Morgan fingerprint density at radius 3 is 2.53 bits per heavy atom. The van der Waals surface area contributed by atoms with E-state index in [1.807, 2.05) is 0 Å². The zero-order valence-corrected chi connectivity index (χ0v) is 10.6. The van der Waals surface area contributed by atoms with Crippen LogP contribution in [-0.4, -0.2) is 29.8 Å². The lowest BCUT2D eigenvalue weighted by Crippen LogP contribution is -2.60. The summed E-state index contributed by atoms with van der Waals surface area (Å²) in [5, 5.41) is 14.3. The summed E-state index contributed by atoms with van der Waals surface area (Å²) in [5.41, 5.74) is -0.617. The quantitative estimate of drug-likeness (QED) is 0.774. The maximum absolute atomic E-state index is 11.9. The number of benzene rings is 1. The minimum atomic E-state index is -1.12. The van der Waals surface area contributed by atoms with Crippen LogP contribution in [0, 0.1) is 0 Å². The molecule has 102 valence electrons. The Hall–Kier alpha value is -2.24. The van der Waals surface area contributed by atoms with Crippen molar-refractivity contribution in [3.63, 3.8) is 0 Å². The first-order chi connectivity index (χ1) is 9.07. The van der Waals surface area contributed by atoms with E-state index >= 15 is 0 Å². The van der Waals surface area contributed by atoms with Gasteiger partial charge in [0.2, 0.25) is 0 Å². The van der Waals surface area contributed by atoms with Gasteiger partial charge in [0.05, 0.1) is 12.8 Å². The lowest BCUT2D eigenvalue weighted by molar-refractivity contribution is -0.148. The van der Waals surface area contributed by atoms with Gasteiger partial charge in [-0.05, 0) is 31.4 Å². The van der Waals surface area contributed by atoms with Crippen LogP contribution < -0.4 is 15.4 Å². The van der Waals surface area contributed by atoms with E-state index in [9.17, 15) is 9.59 Å². The maximum Gasteiger partial charge on any atom is 0.329 e. The van der Waals surface area contributed by atoms with E-state index < -0.39 is 17.5 Å². The molecule has 0 spiro atoms. The molecule has 2 amide bonds. The lowest BCUT2D eigenvalue weighted by Gasteiger charge is -2.38. The van der Waals surface area contributed by atoms with E-state index in [4.69, 9.17) is 9.84 Å². The Labute approximate surface area is 110 Å². The van der Waals surface area contributed by atoms with Crippen LogP contribution in [0.3, 0.4) is 0 Å². The van der Waals surface area contributed by atoms with Crippen LogP contribution in [0.2, 0.25) is 0 Å². The summed E-state index contributed by atoms with van der Waals surface area (Å²) < 4.78 is 5.11. The van der Waals surface area contributed by atoms with Gasteiger partial charge in [-0.15, -0.1) is 0 Å². The zero-order valence-electron chi connectivity index (χ0n) is 10.6. The summed E-state index contributed by atoms with van der Waals surface area (Å²) in [7, 11) is 1.50. The number of amides is 2. The normalized spacial score (nSPS) is 16.1. The topological polar surface area (TPSA) is 87.7 Å². The number of carboxylic acid groups (broad SMARTS) is 1. The van der Waals surface area contributed by atoms with Gasteiger partial charge in [0.1, 0.15) is 11.3 Å². The zero-order chi connectivity index (χ0) is 13.9. The molecule has 1 aliphatic carbocycles. The van der Waals surface area contributed by atoms with E-state index in [1.54, 1.807) is 24.3 Å². The van der Waals surface area contributed by atoms with Crippen LogP contribution >= 0.6 is 0 Å². The average Bonchev–Trinajstić information content (AvgIpc) is 2.34. The second-order valence-corrected chi connectivity index (χ2v) is 4.52. The minimum Gasteiger partial charge on any atom is -0.495 e. The highest BCUT2D eigenvalue weighted by molar-refractivity contribution is 5.95. The Balaban J connectivity index is 2.03. The van der Waals surface area contributed by atoms with Gasteiger partial charge in [0, 0.05) is 0 Å². The highest BCUT2D eigenvalue weighted by Crippen LogP contribution is 2.32. The molecule has 0 radical (unpaired) electrons. The maximum atomic E-state index is 11.9. The van der Waals surface area contributed by atoms with Crippen LogP contribution in [0.5, 0.6) is 5.75 Å². The van der Waals surface area contributed by atoms with Gasteiger partial charge in [-0.25, -0.2) is 9.59 Å². The van der Waals surface area contributed by atoms with Crippen molar-refractivity contribution < 1.29 is 19.4 Å². The average molecular weight is 264 g/mol. The van der Waals surface area contributed by atoms with Crippen molar-refractivity contribution >= 4 is 17.7 Å². The van der Waals surface area contributed by atoms with Crippen LogP contribution in [-0.2, 0) is 4.79 Å². The van der Waals surface area contributed by atoms with Crippen LogP contribution in [0.4, 0.5) is 10.5 Å². The molecular weight excluding hydrogens is 248 g/mol. The molecule has 0 bridgehead atoms. The molecule has 0 aliphatic heterocycles. The first kappa shape index (κ1) is 13.2. The number of hydrogen-bond acceptors (Lipinski definition) is 3. The smallest absolute Gasteiger partial charge is 0.329 e. The molecule has 0 saturated heterocycles. The molecule has 0 aromatic heterocycles. The van der Waals surface area contributed by atoms with Gasteiger partial charge in [-0.1, -0.05) is 12.1 Å². The van der Waals surface area contributed by atoms with Crippen molar-refractivity contribution in [2.45, 2.75) is 24.8 Å². The summed E-state index contributed by atoms with van der Waals surface area (Å²) in [4.78, 5) is 23.0. The van der Waals surface area contributed by atoms with Crippen molar-refractivity contribution in [3.05, 3.63) is 24.3 Å². The van der Waals surface area contributed by atoms with Crippen LogP contribution in [0.1, 0.15) is 19.3 Å². The second kappa shape index (κ2) is 5.17. The standard InChI is InChI=1S/C13H16N2O4/c1-19-10-6-3-2-5-9(10)14-12(18)15-13(11(16)17)7-4-8-13/h2-3,5-6H,4,7-8H2,1H3,(H,16,17)(H2,14,15,18). The highest BCUT2D eigenvalue weighted by atomic mass is 16.5. The van der Waals surface area contributed by atoms with E-state index in [1.165, 1.54) is 7.11 Å².